The number of carbonyl (C=O) groups excluding carboxylic acids is 5. The lowest BCUT2D eigenvalue weighted by Gasteiger charge is -2.38. The Morgan fingerprint density at radius 2 is 1.57 bits per heavy atom. The zero-order valence-corrected chi connectivity index (χ0v) is 28.6. The van der Waals surface area contributed by atoms with Gasteiger partial charge in [-0.15, -0.1) is 0 Å². The van der Waals surface area contributed by atoms with E-state index in [9.17, 15) is 29.1 Å². The number of aryl methyl sites for hydroxylation is 2. The number of hydrogen-bond donors (Lipinski definition) is 7. The normalized spacial score (nSPS) is 22.8. The van der Waals surface area contributed by atoms with E-state index in [0.29, 0.717) is 0 Å². The molecule has 3 rings (SSSR count). The predicted molar refractivity (Wildman–Crippen MR) is 181 cm³/mol. The van der Waals surface area contributed by atoms with E-state index in [4.69, 9.17) is 11.5 Å². The third-order valence-corrected chi connectivity index (χ3v) is 12.0. The first-order valence-corrected chi connectivity index (χ1v) is 17.0. The average molecular weight is 673 g/mol. The number of amides is 5. The van der Waals surface area contributed by atoms with Gasteiger partial charge in [0.1, 0.15) is 23.9 Å². The predicted octanol–water partition coefficient (Wildman–Crippen LogP) is 1.13. The van der Waals surface area contributed by atoms with Crippen LogP contribution in [0.15, 0.2) is 42.5 Å². The molecule has 2 aromatic rings. The Bertz CT molecular complexity index is 1450. The number of benzene rings is 2. The van der Waals surface area contributed by atoms with Crippen LogP contribution in [0.3, 0.4) is 0 Å². The topological polar surface area (TPSA) is 206 Å². The smallest absolute Gasteiger partial charge is 0.244 e. The van der Waals surface area contributed by atoms with Crippen molar-refractivity contribution in [2.24, 2.45) is 11.5 Å². The maximum atomic E-state index is 13.6. The molecule has 2 aromatic carbocycles. The standard InChI is InChI=1S/C32H44N6O6S2/c1-17-12-20(39)13-18(2)21(17)15-22(33)28(42)38-26-30(44)35-16-24(40)36-23(14-19-10-8-7-9-11-19)29(43)37-25(27(34)41)31(3,4)45-46-32(26,5)6/h7-13,22-23,25-26,39H,14-16,33H2,1-6H3,(H2,34,41)(H,35,44)(H,36,40)(H,37,43)(H,38,42). The molecule has 0 radical (unpaired) electrons. The van der Waals surface area contributed by atoms with Crippen LogP contribution in [0.25, 0.3) is 0 Å². The van der Waals surface area contributed by atoms with Crippen molar-refractivity contribution in [2.45, 2.75) is 88.0 Å². The number of primary amides is 1. The summed E-state index contributed by atoms with van der Waals surface area (Å²) in [6.45, 7) is 10.1. The maximum Gasteiger partial charge on any atom is 0.244 e. The molecule has 5 amide bonds. The lowest BCUT2D eigenvalue weighted by molar-refractivity contribution is -0.133. The number of hydrogen-bond acceptors (Lipinski definition) is 9. The number of phenolic OH excluding ortho intramolecular Hbond substituents is 1. The second-order valence-electron chi connectivity index (χ2n) is 12.6. The molecule has 4 unspecified atom stereocenters. The van der Waals surface area contributed by atoms with Gasteiger partial charge >= 0.3 is 0 Å². The van der Waals surface area contributed by atoms with Crippen LogP contribution in [0.2, 0.25) is 0 Å². The largest absolute Gasteiger partial charge is 0.508 e. The molecule has 1 fully saturated rings. The Morgan fingerprint density at radius 3 is 2.15 bits per heavy atom. The Morgan fingerprint density at radius 1 is 0.978 bits per heavy atom. The molecule has 9 N–H and O–H groups in total. The molecule has 1 aliphatic heterocycles. The van der Waals surface area contributed by atoms with Crippen molar-refractivity contribution in [1.29, 1.82) is 0 Å². The van der Waals surface area contributed by atoms with Gasteiger partial charge in [-0.2, -0.15) is 0 Å². The molecule has 12 nitrogen and oxygen atoms in total. The summed E-state index contributed by atoms with van der Waals surface area (Å²) in [5.74, 6) is -3.11. The van der Waals surface area contributed by atoms with Gasteiger partial charge in [0.05, 0.1) is 12.6 Å². The van der Waals surface area contributed by atoms with Crippen LogP contribution in [0.1, 0.15) is 49.9 Å². The summed E-state index contributed by atoms with van der Waals surface area (Å²) in [7, 11) is 2.46. The van der Waals surface area contributed by atoms with Gasteiger partial charge in [-0.25, -0.2) is 0 Å². The molecule has 0 aromatic heterocycles. The first-order valence-electron chi connectivity index (χ1n) is 14.8. The summed E-state index contributed by atoms with van der Waals surface area (Å²) in [6, 6.07) is 7.83. The Labute approximate surface area is 277 Å². The van der Waals surface area contributed by atoms with E-state index in [1.54, 1.807) is 64.1 Å². The van der Waals surface area contributed by atoms with Crippen LogP contribution >= 0.6 is 21.6 Å². The molecular formula is C32H44N6O6S2. The Balaban J connectivity index is 1.90. The monoisotopic (exact) mass is 672 g/mol. The third kappa shape index (κ3) is 9.63. The van der Waals surface area contributed by atoms with Gasteiger partial charge in [0.15, 0.2) is 0 Å². The highest BCUT2D eigenvalue weighted by atomic mass is 33.1. The van der Waals surface area contributed by atoms with E-state index >= 15 is 0 Å². The number of rotatable bonds is 7. The molecule has 4 atom stereocenters. The summed E-state index contributed by atoms with van der Waals surface area (Å²) < 4.78 is -1.99. The van der Waals surface area contributed by atoms with Gasteiger partial charge < -0.3 is 37.8 Å². The zero-order valence-electron chi connectivity index (χ0n) is 26.9. The van der Waals surface area contributed by atoms with Gasteiger partial charge in [0.2, 0.25) is 29.5 Å². The van der Waals surface area contributed by atoms with Crippen LogP contribution in [0.5, 0.6) is 5.75 Å². The van der Waals surface area contributed by atoms with Crippen LogP contribution in [-0.4, -0.2) is 74.8 Å². The second kappa shape index (κ2) is 15.2. The van der Waals surface area contributed by atoms with E-state index < -0.39 is 69.7 Å². The van der Waals surface area contributed by atoms with Crippen molar-refractivity contribution in [3.05, 3.63) is 64.7 Å². The van der Waals surface area contributed by atoms with Crippen molar-refractivity contribution < 1.29 is 29.1 Å². The fraction of sp³-hybridized carbons (Fsp3) is 0.469. The van der Waals surface area contributed by atoms with Gasteiger partial charge in [-0.05, 0) is 82.3 Å². The summed E-state index contributed by atoms with van der Waals surface area (Å²) in [5.41, 5.74) is 15.2. The molecule has 0 bridgehead atoms. The quantitative estimate of drug-likeness (QED) is 0.210. The van der Waals surface area contributed by atoms with Gasteiger partial charge in [0, 0.05) is 15.9 Å². The summed E-state index contributed by atoms with van der Waals surface area (Å²) in [5, 5.41) is 20.7. The van der Waals surface area contributed by atoms with Crippen LogP contribution in [-0.2, 0) is 36.8 Å². The molecule has 1 aliphatic rings. The van der Waals surface area contributed by atoms with E-state index in [2.05, 4.69) is 21.3 Å². The third-order valence-electron chi connectivity index (χ3n) is 7.78. The fourth-order valence-electron chi connectivity index (χ4n) is 5.12. The molecule has 14 heteroatoms. The molecule has 1 saturated heterocycles. The van der Waals surface area contributed by atoms with Crippen molar-refractivity contribution in [1.82, 2.24) is 21.3 Å². The highest BCUT2D eigenvalue weighted by Gasteiger charge is 2.44. The van der Waals surface area contributed by atoms with Crippen LogP contribution < -0.4 is 32.7 Å². The van der Waals surface area contributed by atoms with Crippen LogP contribution in [0, 0.1) is 13.8 Å². The number of carbonyl (C=O) groups is 5. The Kier molecular flexibility index (Phi) is 12.2. The molecule has 250 valence electrons. The Hall–Kier alpha value is -3.75. The van der Waals surface area contributed by atoms with Crippen molar-refractivity contribution >= 4 is 51.1 Å². The lowest BCUT2D eigenvalue weighted by Crippen LogP contribution is -2.62. The van der Waals surface area contributed by atoms with Crippen molar-refractivity contribution in [2.75, 3.05) is 6.54 Å². The van der Waals surface area contributed by atoms with Gasteiger partial charge in [0.25, 0.3) is 0 Å². The van der Waals surface area contributed by atoms with Gasteiger partial charge in [-0.1, -0.05) is 51.9 Å². The first-order chi connectivity index (χ1) is 21.4. The minimum atomic E-state index is -1.15. The van der Waals surface area contributed by atoms with E-state index in [0.717, 1.165) is 22.3 Å². The van der Waals surface area contributed by atoms with Gasteiger partial charge in [-0.3, -0.25) is 24.0 Å². The molecular weight excluding hydrogens is 629 g/mol. The summed E-state index contributed by atoms with van der Waals surface area (Å²) in [4.78, 5) is 66.2. The number of nitrogens with one attached hydrogen (secondary N) is 4. The van der Waals surface area contributed by atoms with E-state index in [-0.39, 0.29) is 18.6 Å². The SMILES string of the molecule is Cc1cc(O)cc(C)c1CC(N)C(=O)NC1C(=O)NCC(=O)NC(Cc2ccccc2)C(=O)NC(C(N)=O)C(C)(C)SSC1(C)C. The molecule has 46 heavy (non-hydrogen) atoms. The first kappa shape index (κ1) is 36.7. The molecule has 0 aliphatic carbocycles. The number of aromatic hydroxyl groups is 1. The summed E-state index contributed by atoms with van der Waals surface area (Å²) >= 11 is 0. The van der Waals surface area contributed by atoms with Crippen molar-refractivity contribution in [3.8, 4) is 5.75 Å². The highest BCUT2D eigenvalue weighted by Crippen LogP contribution is 2.46. The zero-order chi connectivity index (χ0) is 34.4. The lowest BCUT2D eigenvalue weighted by atomic mass is 9.95. The van der Waals surface area contributed by atoms with Crippen LogP contribution in [0.4, 0.5) is 0 Å². The average Bonchev–Trinajstić information content (AvgIpc) is 2.97. The fourth-order valence-corrected chi connectivity index (χ4v) is 7.95. The maximum absolute atomic E-state index is 13.6. The van der Waals surface area contributed by atoms with E-state index in [1.165, 1.54) is 21.6 Å². The number of nitrogens with two attached hydrogens (primary N) is 2. The van der Waals surface area contributed by atoms with Crippen molar-refractivity contribution in [3.63, 3.8) is 0 Å². The highest BCUT2D eigenvalue weighted by molar-refractivity contribution is 8.77. The minimum absolute atomic E-state index is 0.112. The summed E-state index contributed by atoms with van der Waals surface area (Å²) in [6.07, 6.45) is 0.294. The molecule has 0 spiro atoms. The molecule has 0 saturated carbocycles. The minimum Gasteiger partial charge on any atom is -0.508 e. The number of phenols is 1. The second-order valence-corrected chi connectivity index (χ2v) is 16.0. The molecule has 1 heterocycles. The van der Waals surface area contributed by atoms with E-state index in [1.807, 2.05) is 19.9 Å².